The monoisotopic (exact) mass is 343 g/mol. The minimum absolute atomic E-state index is 0.280. The average Bonchev–Trinajstić information content (AvgIpc) is 2.53. The quantitative estimate of drug-likeness (QED) is 0.844. The summed E-state index contributed by atoms with van der Waals surface area (Å²) in [5.41, 5.74) is 2.65. The highest BCUT2D eigenvalue weighted by molar-refractivity contribution is 9.09. The number of pyridine rings is 1. The van der Waals surface area contributed by atoms with Crippen molar-refractivity contribution in [1.29, 1.82) is 5.26 Å². The Bertz CT molecular complexity index is 662. The number of hydrogen-bond acceptors (Lipinski definition) is 3. The number of carbonyl (C=O) groups excluding carboxylic acids is 1. The third kappa shape index (κ3) is 4.40. The van der Waals surface area contributed by atoms with Gasteiger partial charge in [0, 0.05) is 17.2 Å². The van der Waals surface area contributed by atoms with Gasteiger partial charge in [-0.2, -0.15) is 5.26 Å². The predicted octanol–water partition coefficient (Wildman–Crippen LogP) is 3.53. The van der Waals surface area contributed by atoms with Crippen LogP contribution in [0.15, 0.2) is 42.6 Å². The molecule has 0 saturated heterocycles. The SMILES string of the molecule is N#Cc1ccc(C(=O)Nc2cccc(CCCBr)c2)nc1. The Morgan fingerprint density at radius 3 is 2.86 bits per heavy atom. The van der Waals surface area contributed by atoms with Gasteiger partial charge in [0.05, 0.1) is 5.56 Å². The molecule has 1 amide bonds. The summed E-state index contributed by atoms with van der Waals surface area (Å²) >= 11 is 3.41. The number of carbonyl (C=O) groups is 1. The molecule has 0 saturated carbocycles. The van der Waals surface area contributed by atoms with Crippen LogP contribution in [0.3, 0.4) is 0 Å². The molecule has 0 fully saturated rings. The maximum Gasteiger partial charge on any atom is 0.274 e. The summed E-state index contributed by atoms with van der Waals surface area (Å²) in [6.45, 7) is 0. The van der Waals surface area contributed by atoms with Gasteiger partial charge in [-0.25, -0.2) is 4.98 Å². The smallest absolute Gasteiger partial charge is 0.274 e. The van der Waals surface area contributed by atoms with E-state index in [1.165, 1.54) is 11.8 Å². The second-order valence-electron chi connectivity index (χ2n) is 4.49. The van der Waals surface area contributed by atoms with Gasteiger partial charge in [-0.05, 0) is 42.7 Å². The van der Waals surface area contributed by atoms with Crippen molar-refractivity contribution < 1.29 is 4.79 Å². The normalized spacial score (nSPS) is 9.90. The van der Waals surface area contributed by atoms with Crippen molar-refractivity contribution in [3.05, 3.63) is 59.4 Å². The summed E-state index contributed by atoms with van der Waals surface area (Å²) in [7, 11) is 0. The van der Waals surface area contributed by atoms with E-state index >= 15 is 0 Å². The molecule has 0 atom stereocenters. The Hall–Kier alpha value is -2.19. The van der Waals surface area contributed by atoms with E-state index in [-0.39, 0.29) is 5.91 Å². The van der Waals surface area contributed by atoms with Crippen LogP contribution < -0.4 is 5.32 Å². The number of nitrogens with one attached hydrogen (secondary N) is 1. The van der Waals surface area contributed by atoms with Crippen molar-refractivity contribution in [2.45, 2.75) is 12.8 Å². The van der Waals surface area contributed by atoms with Gasteiger partial charge in [-0.3, -0.25) is 4.79 Å². The van der Waals surface area contributed by atoms with Crippen LogP contribution in [-0.2, 0) is 6.42 Å². The Balaban J connectivity index is 2.06. The van der Waals surface area contributed by atoms with E-state index < -0.39 is 0 Å². The molecule has 0 aliphatic rings. The van der Waals surface area contributed by atoms with Gasteiger partial charge in [0.15, 0.2) is 0 Å². The molecule has 0 unspecified atom stereocenters. The van der Waals surface area contributed by atoms with E-state index in [1.54, 1.807) is 12.1 Å². The Labute approximate surface area is 132 Å². The number of nitriles is 1. The molecule has 0 radical (unpaired) electrons. The van der Waals surface area contributed by atoms with Gasteiger partial charge >= 0.3 is 0 Å². The summed E-state index contributed by atoms with van der Waals surface area (Å²) in [6.07, 6.45) is 3.40. The van der Waals surface area contributed by atoms with E-state index in [0.717, 1.165) is 23.9 Å². The minimum Gasteiger partial charge on any atom is -0.321 e. The molecule has 2 aromatic rings. The Morgan fingerprint density at radius 1 is 1.33 bits per heavy atom. The fourth-order valence-corrected chi connectivity index (χ4v) is 2.15. The lowest BCUT2D eigenvalue weighted by Gasteiger charge is -2.07. The Kier molecular flexibility index (Phi) is 5.47. The summed E-state index contributed by atoms with van der Waals surface area (Å²) in [6, 6.07) is 12.9. The van der Waals surface area contributed by atoms with Crippen LogP contribution in [0, 0.1) is 11.3 Å². The molecule has 1 heterocycles. The van der Waals surface area contributed by atoms with Crippen molar-refractivity contribution >= 4 is 27.5 Å². The number of anilines is 1. The van der Waals surface area contributed by atoms with Crippen LogP contribution in [0.1, 0.15) is 28.0 Å². The van der Waals surface area contributed by atoms with Crippen LogP contribution in [0.4, 0.5) is 5.69 Å². The van der Waals surface area contributed by atoms with Gasteiger partial charge in [0.2, 0.25) is 0 Å². The van der Waals surface area contributed by atoms with Gasteiger partial charge in [-0.15, -0.1) is 0 Å². The molecule has 21 heavy (non-hydrogen) atoms. The Morgan fingerprint density at radius 2 is 2.19 bits per heavy atom. The highest BCUT2D eigenvalue weighted by atomic mass is 79.9. The number of aryl methyl sites for hydroxylation is 1. The van der Waals surface area contributed by atoms with E-state index in [4.69, 9.17) is 5.26 Å². The fraction of sp³-hybridized carbons (Fsp3) is 0.188. The van der Waals surface area contributed by atoms with Crippen molar-refractivity contribution in [3.63, 3.8) is 0 Å². The molecule has 1 aromatic heterocycles. The van der Waals surface area contributed by atoms with Crippen LogP contribution in [0.2, 0.25) is 0 Å². The first-order valence-corrected chi connectivity index (χ1v) is 7.67. The van der Waals surface area contributed by atoms with E-state index in [0.29, 0.717) is 11.3 Å². The van der Waals surface area contributed by atoms with Crippen LogP contribution >= 0.6 is 15.9 Å². The number of hydrogen-bond donors (Lipinski definition) is 1. The van der Waals surface area contributed by atoms with E-state index in [2.05, 4.69) is 26.2 Å². The van der Waals surface area contributed by atoms with Crippen molar-refractivity contribution in [2.75, 3.05) is 10.6 Å². The zero-order chi connectivity index (χ0) is 15.1. The van der Waals surface area contributed by atoms with Gasteiger partial charge in [0.25, 0.3) is 5.91 Å². The molecule has 0 bridgehead atoms. The molecular weight excluding hydrogens is 330 g/mol. The maximum atomic E-state index is 12.1. The number of rotatable bonds is 5. The first kappa shape index (κ1) is 15.2. The number of halogens is 1. The maximum absolute atomic E-state index is 12.1. The van der Waals surface area contributed by atoms with Crippen LogP contribution in [0.25, 0.3) is 0 Å². The third-order valence-electron chi connectivity index (χ3n) is 2.91. The minimum atomic E-state index is -0.280. The number of amides is 1. The summed E-state index contributed by atoms with van der Waals surface area (Å²) in [5, 5.41) is 12.5. The third-order valence-corrected chi connectivity index (χ3v) is 3.47. The predicted molar refractivity (Wildman–Crippen MR) is 85.5 cm³/mol. The van der Waals surface area contributed by atoms with Crippen LogP contribution in [0.5, 0.6) is 0 Å². The number of alkyl halides is 1. The van der Waals surface area contributed by atoms with Crippen LogP contribution in [-0.4, -0.2) is 16.2 Å². The van der Waals surface area contributed by atoms with Gasteiger partial charge in [0.1, 0.15) is 11.8 Å². The zero-order valence-corrected chi connectivity index (χ0v) is 12.9. The molecule has 1 N–H and O–H groups in total. The largest absolute Gasteiger partial charge is 0.321 e. The van der Waals surface area contributed by atoms with Crippen molar-refractivity contribution in [3.8, 4) is 6.07 Å². The molecule has 0 aliphatic heterocycles. The molecule has 1 aromatic carbocycles. The zero-order valence-electron chi connectivity index (χ0n) is 11.3. The molecule has 4 nitrogen and oxygen atoms in total. The summed E-state index contributed by atoms with van der Waals surface area (Å²) < 4.78 is 0. The summed E-state index contributed by atoms with van der Waals surface area (Å²) in [5.74, 6) is -0.280. The molecule has 5 heteroatoms. The lowest BCUT2D eigenvalue weighted by atomic mass is 10.1. The first-order chi connectivity index (χ1) is 10.2. The molecule has 106 valence electrons. The lowest BCUT2D eigenvalue weighted by Crippen LogP contribution is -2.13. The number of nitrogens with zero attached hydrogens (tertiary/aromatic N) is 2. The average molecular weight is 344 g/mol. The molecule has 0 spiro atoms. The van der Waals surface area contributed by atoms with Gasteiger partial charge < -0.3 is 5.32 Å². The highest BCUT2D eigenvalue weighted by Crippen LogP contribution is 2.14. The topological polar surface area (TPSA) is 65.8 Å². The van der Waals surface area contributed by atoms with E-state index in [9.17, 15) is 4.79 Å². The molecule has 0 aliphatic carbocycles. The van der Waals surface area contributed by atoms with Gasteiger partial charge in [-0.1, -0.05) is 28.1 Å². The van der Waals surface area contributed by atoms with Crippen molar-refractivity contribution in [2.24, 2.45) is 0 Å². The number of aromatic nitrogens is 1. The summed E-state index contributed by atoms with van der Waals surface area (Å²) in [4.78, 5) is 16.1. The standard InChI is InChI=1S/C16H14BrN3O/c17-8-2-4-12-3-1-5-14(9-12)20-16(21)15-7-6-13(10-18)11-19-15/h1,3,5-7,9,11H,2,4,8H2,(H,20,21). The molecule has 2 rings (SSSR count). The van der Waals surface area contributed by atoms with E-state index in [1.807, 2.05) is 30.3 Å². The first-order valence-electron chi connectivity index (χ1n) is 6.55. The number of benzene rings is 1. The van der Waals surface area contributed by atoms with Crippen molar-refractivity contribution in [1.82, 2.24) is 4.98 Å². The molecular formula is C16H14BrN3O. The lowest BCUT2D eigenvalue weighted by molar-refractivity contribution is 0.102. The highest BCUT2D eigenvalue weighted by Gasteiger charge is 2.08. The fourth-order valence-electron chi connectivity index (χ4n) is 1.86. The second-order valence-corrected chi connectivity index (χ2v) is 5.28. The second kappa shape index (κ2) is 7.55.